The fourth-order valence-electron chi connectivity index (χ4n) is 3.74. The number of fused-ring (bicyclic) bond motifs is 2. The van der Waals surface area contributed by atoms with Crippen molar-refractivity contribution < 1.29 is 19.4 Å². The summed E-state index contributed by atoms with van der Waals surface area (Å²) in [5.41, 5.74) is 0.108. The summed E-state index contributed by atoms with van der Waals surface area (Å²) in [5.74, 6) is -0.376. The van der Waals surface area contributed by atoms with E-state index in [0.29, 0.717) is 35.5 Å². The Labute approximate surface area is 140 Å². The lowest BCUT2D eigenvalue weighted by Gasteiger charge is -2.48. The minimum Gasteiger partial charge on any atom is -0.465 e. The molecular formula is C17H20ClNO4. The molecule has 0 saturated carbocycles. The summed E-state index contributed by atoms with van der Waals surface area (Å²) in [6.45, 7) is 6.31. The van der Waals surface area contributed by atoms with E-state index in [0.717, 1.165) is 0 Å². The molecule has 2 atom stereocenters. The number of carbonyl (C=O) groups is 2. The average molecular weight is 338 g/mol. The summed E-state index contributed by atoms with van der Waals surface area (Å²) in [5, 5.41) is 10.0. The zero-order valence-electron chi connectivity index (χ0n) is 13.4. The van der Waals surface area contributed by atoms with Crippen LogP contribution in [0.2, 0.25) is 5.02 Å². The maximum absolute atomic E-state index is 12.3. The SMILES string of the molecule is CC(C)(C)C1CC2(CCN1C(=O)O)OC(=O)c1cccc(Cl)c12. The smallest absolute Gasteiger partial charge is 0.407 e. The van der Waals surface area contributed by atoms with Gasteiger partial charge in [0.25, 0.3) is 0 Å². The van der Waals surface area contributed by atoms with E-state index in [1.807, 2.05) is 20.8 Å². The molecular weight excluding hydrogens is 318 g/mol. The van der Waals surface area contributed by atoms with Crippen molar-refractivity contribution in [3.63, 3.8) is 0 Å². The van der Waals surface area contributed by atoms with Gasteiger partial charge in [-0.15, -0.1) is 0 Å². The summed E-state index contributed by atoms with van der Waals surface area (Å²) in [6.07, 6.45) is -0.0944. The lowest BCUT2D eigenvalue weighted by molar-refractivity contribution is -0.0738. The van der Waals surface area contributed by atoms with Crippen molar-refractivity contribution in [1.82, 2.24) is 4.90 Å². The van der Waals surface area contributed by atoms with Crippen LogP contribution in [-0.2, 0) is 10.3 Å². The van der Waals surface area contributed by atoms with Crippen LogP contribution in [0, 0.1) is 5.41 Å². The molecule has 3 rings (SSSR count). The number of rotatable bonds is 0. The van der Waals surface area contributed by atoms with Crippen LogP contribution in [0.4, 0.5) is 4.79 Å². The first-order valence-electron chi connectivity index (χ1n) is 7.68. The Balaban J connectivity index is 2.07. The van der Waals surface area contributed by atoms with Crippen molar-refractivity contribution in [2.75, 3.05) is 6.54 Å². The minimum absolute atomic E-state index is 0.260. The molecule has 124 valence electrons. The molecule has 6 heteroatoms. The van der Waals surface area contributed by atoms with Crippen LogP contribution >= 0.6 is 11.6 Å². The molecule has 0 aromatic heterocycles. The topological polar surface area (TPSA) is 66.8 Å². The van der Waals surface area contributed by atoms with E-state index in [-0.39, 0.29) is 17.4 Å². The van der Waals surface area contributed by atoms with Crippen molar-refractivity contribution in [2.45, 2.75) is 45.3 Å². The molecule has 1 aromatic rings. The molecule has 1 amide bonds. The second kappa shape index (κ2) is 5.13. The van der Waals surface area contributed by atoms with Gasteiger partial charge in [-0.25, -0.2) is 9.59 Å². The van der Waals surface area contributed by atoms with Crippen molar-refractivity contribution in [3.8, 4) is 0 Å². The van der Waals surface area contributed by atoms with E-state index in [2.05, 4.69) is 0 Å². The maximum Gasteiger partial charge on any atom is 0.407 e. The molecule has 0 radical (unpaired) electrons. The number of halogens is 1. The van der Waals surface area contributed by atoms with Gasteiger partial charge in [0.15, 0.2) is 0 Å². The van der Waals surface area contributed by atoms with Crippen LogP contribution in [0.25, 0.3) is 0 Å². The standard InChI is InChI=1S/C17H20ClNO4/c1-16(2,3)12-9-17(7-8-19(12)15(21)22)13-10(14(20)23-17)5-4-6-11(13)18/h4-6,12H,7-9H2,1-3H3,(H,21,22). The lowest BCUT2D eigenvalue weighted by Crippen LogP contribution is -2.56. The van der Waals surface area contributed by atoms with E-state index < -0.39 is 11.7 Å². The summed E-state index contributed by atoms with van der Waals surface area (Å²) >= 11 is 6.36. The van der Waals surface area contributed by atoms with Crippen molar-refractivity contribution in [2.24, 2.45) is 5.41 Å². The number of piperidine rings is 1. The predicted octanol–water partition coefficient (Wildman–Crippen LogP) is 3.89. The second-order valence-electron chi connectivity index (χ2n) is 7.36. The van der Waals surface area contributed by atoms with Crippen LogP contribution in [-0.4, -0.2) is 34.7 Å². The van der Waals surface area contributed by atoms with Crippen LogP contribution in [0.15, 0.2) is 18.2 Å². The van der Waals surface area contributed by atoms with E-state index in [4.69, 9.17) is 16.3 Å². The Morgan fingerprint density at radius 3 is 2.74 bits per heavy atom. The summed E-state index contributed by atoms with van der Waals surface area (Å²) in [4.78, 5) is 25.3. The van der Waals surface area contributed by atoms with Gasteiger partial charge in [0, 0.05) is 36.0 Å². The van der Waals surface area contributed by atoms with E-state index >= 15 is 0 Å². The van der Waals surface area contributed by atoms with Gasteiger partial charge in [0.1, 0.15) is 5.60 Å². The molecule has 2 aliphatic rings. The number of amides is 1. The number of carboxylic acid groups (broad SMARTS) is 1. The van der Waals surface area contributed by atoms with Crippen molar-refractivity contribution >= 4 is 23.7 Å². The normalized spacial score (nSPS) is 27.0. The first-order chi connectivity index (χ1) is 10.7. The van der Waals surface area contributed by atoms with Crippen LogP contribution < -0.4 is 0 Å². The Hall–Kier alpha value is -1.75. The highest BCUT2D eigenvalue weighted by molar-refractivity contribution is 6.32. The summed E-state index contributed by atoms with van der Waals surface area (Å²) in [6, 6.07) is 4.94. The number of ether oxygens (including phenoxy) is 1. The van der Waals surface area contributed by atoms with Gasteiger partial charge in [0.2, 0.25) is 0 Å². The molecule has 2 aliphatic heterocycles. The number of carbonyl (C=O) groups excluding carboxylic acids is 1. The average Bonchev–Trinajstić information content (AvgIpc) is 2.71. The predicted molar refractivity (Wildman–Crippen MR) is 85.8 cm³/mol. The fraction of sp³-hybridized carbons (Fsp3) is 0.529. The lowest BCUT2D eigenvalue weighted by atomic mass is 9.72. The number of likely N-dealkylation sites (tertiary alicyclic amines) is 1. The molecule has 2 unspecified atom stereocenters. The Kier molecular flexibility index (Phi) is 3.59. The number of hydrogen-bond acceptors (Lipinski definition) is 3. The van der Waals surface area contributed by atoms with Gasteiger partial charge in [-0.05, 0) is 17.5 Å². The first kappa shape index (κ1) is 16.1. The van der Waals surface area contributed by atoms with Crippen LogP contribution in [0.1, 0.15) is 49.5 Å². The van der Waals surface area contributed by atoms with E-state index in [1.165, 1.54) is 4.90 Å². The van der Waals surface area contributed by atoms with Gasteiger partial charge in [0.05, 0.1) is 5.56 Å². The molecule has 23 heavy (non-hydrogen) atoms. The Morgan fingerprint density at radius 1 is 1.43 bits per heavy atom. The number of nitrogens with zero attached hydrogens (tertiary/aromatic N) is 1. The minimum atomic E-state index is -0.941. The highest BCUT2D eigenvalue weighted by Crippen LogP contribution is 2.50. The van der Waals surface area contributed by atoms with Crippen molar-refractivity contribution in [3.05, 3.63) is 34.3 Å². The summed E-state index contributed by atoms with van der Waals surface area (Å²) in [7, 11) is 0. The van der Waals surface area contributed by atoms with Gasteiger partial charge in [-0.1, -0.05) is 38.4 Å². The van der Waals surface area contributed by atoms with Gasteiger partial charge < -0.3 is 14.7 Å². The number of hydrogen-bond donors (Lipinski definition) is 1. The van der Waals surface area contributed by atoms with E-state index in [1.54, 1.807) is 18.2 Å². The molecule has 1 N–H and O–H groups in total. The first-order valence-corrected chi connectivity index (χ1v) is 8.05. The fourth-order valence-corrected chi connectivity index (χ4v) is 4.09. The highest BCUT2D eigenvalue weighted by atomic mass is 35.5. The summed E-state index contributed by atoms with van der Waals surface area (Å²) < 4.78 is 5.75. The molecule has 0 aliphatic carbocycles. The molecule has 2 heterocycles. The van der Waals surface area contributed by atoms with Crippen molar-refractivity contribution in [1.29, 1.82) is 0 Å². The highest BCUT2D eigenvalue weighted by Gasteiger charge is 2.54. The second-order valence-corrected chi connectivity index (χ2v) is 7.77. The third-order valence-corrected chi connectivity index (χ3v) is 5.19. The van der Waals surface area contributed by atoms with Gasteiger partial charge >= 0.3 is 12.1 Å². The third-order valence-electron chi connectivity index (χ3n) is 4.88. The van der Waals surface area contributed by atoms with E-state index in [9.17, 15) is 14.7 Å². The van der Waals surface area contributed by atoms with Gasteiger partial charge in [-0.3, -0.25) is 0 Å². The molecule has 1 spiro atoms. The molecule has 1 fully saturated rings. The zero-order valence-corrected chi connectivity index (χ0v) is 14.2. The third kappa shape index (κ3) is 2.47. The zero-order chi connectivity index (χ0) is 17.0. The monoisotopic (exact) mass is 337 g/mol. The Morgan fingerprint density at radius 2 is 2.13 bits per heavy atom. The Bertz CT molecular complexity index is 682. The van der Waals surface area contributed by atoms with Crippen LogP contribution in [0.5, 0.6) is 0 Å². The molecule has 1 aromatic carbocycles. The molecule has 5 nitrogen and oxygen atoms in total. The number of esters is 1. The molecule has 1 saturated heterocycles. The largest absolute Gasteiger partial charge is 0.465 e. The van der Waals surface area contributed by atoms with Crippen LogP contribution in [0.3, 0.4) is 0 Å². The quantitative estimate of drug-likeness (QED) is 0.729. The maximum atomic E-state index is 12.3. The number of benzene rings is 1. The molecule has 0 bridgehead atoms. The van der Waals surface area contributed by atoms with Gasteiger partial charge in [-0.2, -0.15) is 0 Å².